The molecular formula is C10H16N2O6S. The number of hydrogen-bond donors (Lipinski definition) is 3. The lowest BCUT2D eigenvalue weighted by Crippen LogP contribution is -2.59. The van der Waals surface area contributed by atoms with Gasteiger partial charge in [-0.1, -0.05) is 0 Å². The molecule has 0 aromatic carbocycles. The molecule has 108 valence electrons. The zero-order valence-corrected chi connectivity index (χ0v) is 11.0. The molecule has 2 aliphatic heterocycles. The molecule has 2 rings (SSSR count). The molecule has 0 aliphatic carbocycles. The Balaban J connectivity index is 1.92. The summed E-state index contributed by atoms with van der Waals surface area (Å²) >= 11 is 0. The number of hydrogen-bond acceptors (Lipinski definition) is 5. The first kappa shape index (κ1) is 14.1. The maximum Gasteiger partial charge on any atom is 0.332 e. The maximum atomic E-state index is 11.7. The van der Waals surface area contributed by atoms with Crippen molar-refractivity contribution in [3.63, 3.8) is 0 Å². The van der Waals surface area contributed by atoms with Crippen LogP contribution in [0.25, 0.3) is 0 Å². The molecule has 2 fully saturated rings. The molecule has 9 heteroatoms. The summed E-state index contributed by atoms with van der Waals surface area (Å²) in [6, 6.07) is -1.13. The summed E-state index contributed by atoms with van der Waals surface area (Å²) in [4.78, 5) is 22.9. The van der Waals surface area contributed by atoms with E-state index >= 15 is 0 Å². The molecule has 2 atom stereocenters. The molecule has 2 heterocycles. The van der Waals surface area contributed by atoms with Crippen LogP contribution in [0.4, 0.5) is 4.79 Å². The van der Waals surface area contributed by atoms with Crippen molar-refractivity contribution >= 4 is 21.8 Å². The van der Waals surface area contributed by atoms with Gasteiger partial charge in [-0.15, -0.1) is 0 Å². The quantitative estimate of drug-likeness (QED) is 0.595. The number of aliphatic carboxylic acids is 1. The van der Waals surface area contributed by atoms with Gasteiger partial charge in [0.05, 0.1) is 18.1 Å². The van der Waals surface area contributed by atoms with Gasteiger partial charge in [0.2, 0.25) is 0 Å². The van der Waals surface area contributed by atoms with Crippen LogP contribution in [0.3, 0.4) is 0 Å². The van der Waals surface area contributed by atoms with Crippen LogP contribution in [0.1, 0.15) is 12.8 Å². The lowest BCUT2D eigenvalue weighted by molar-refractivity contribution is -0.144. The van der Waals surface area contributed by atoms with Crippen molar-refractivity contribution in [2.75, 3.05) is 24.7 Å². The third-order valence-corrected chi connectivity index (χ3v) is 5.12. The van der Waals surface area contributed by atoms with E-state index in [0.29, 0.717) is 6.42 Å². The Morgan fingerprint density at radius 3 is 2.58 bits per heavy atom. The van der Waals surface area contributed by atoms with Crippen LogP contribution in [-0.4, -0.2) is 61.8 Å². The zero-order valence-electron chi connectivity index (χ0n) is 10.2. The van der Waals surface area contributed by atoms with Crippen LogP contribution in [0.15, 0.2) is 0 Å². The zero-order chi connectivity index (χ0) is 14.1. The third kappa shape index (κ3) is 3.16. The molecule has 0 radical (unpaired) electrons. The van der Waals surface area contributed by atoms with E-state index in [0.717, 1.165) is 0 Å². The van der Waals surface area contributed by atoms with E-state index in [-0.39, 0.29) is 31.1 Å². The predicted octanol–water partition coefficient (Wildman–Crippen LogP) is -1.28. The predicted molar refractivity (Wildman–Crippen MR) is 64.5 cm³/mol. The highest BCUT2D eigenvalue weighted by Gasteiger charge is 2.44. The Morgan fingerprint density at radius 2 is 2.11 bits per heavy atom. The van der Waals surface area contributed by atoms with Crippen molar-refractivity contribution in [1.29, 1.82) is 0 Å². The number of urea groups is 1. The Labute approximate surface area is 110 Å². The van der Waals surface area contributed by atoms with Crippen molar-refractivity contribution in [3.05, 3.63) is 0 Å². The molecule has 3 N–H and O–H groups in total. The second-order valence-electron chi connectivity index (χ2n) is 4.89. The smallest absolute Gasteiger partial charge is 0.332 e. The van der Waals surface area contributed by atoms with E-state index in [4.69, 9.17) is 9.84 Å². The van der Waals surface area contributed by atoms with E-state index in [1.165, 1.54) is 0 Å². The lowest BCUT2D eigenvalue weighted by atomic mass is 9.99. The van der Waals surface area contributed by atoms with Crippen LogP contribution in [-0.2, 0) is 19.4 Å². The summed E-state index contributed by atoms with van der Waals surface area (Å²) in [7, 11) is -3.08. The van der Waals surface area contributed by atoms with Gasteiger partial charge in [0.25, 0.3) is 0 Å². The Kier molecular flexibility index (Phi) is 3.68. The number of carboxylic acids is 1. The monoisotopic (exact) mass is 292 g/mol. The summed E-state index contributed by atoms with van der Waals surface area (Å²) in [6.45, 7) is 0.184. The number of carbonyl (C=O) groups excluding carboxylic acids is 1. The summed E-state index contributed by atoms with van der Waals surface area (Å²) < 4.78 is 27.5. The maximum absolute atomic E-state index is 11.7. The molecule has 2 unspecified atom stereocenters. The summed E-state index contributed by atoms with van der Waals surface area (Å²) in [5.74, 6) is -1.21. The van der Waals surface area contributed by atoms with Crippen LogP contribution in [0.5, 0.6) is 0 Å². The van der Waals surface area contributed by atoms with Gasteiger partial charge in [-0.05, 0) is 6.42 Å². The Hall–Kier alpha value is -1.35. The third-order valence-electron chi connectivity index (χ3n) is 3.35. The molecule has 0 saturated carbocycles. The number of rotatable bonds is 3. The summed E-state index contributed by atoms with van der Waals surface area (Å²) in [5, 5.41) is 14.0. The van der Waals surface area contributed by atoms with E-state index in [1.807, 2.05) is 0 Å². The van der Waals surface area contributed by atoms with Crippen molar-refractivity contribution in [1.82, 2.24) is 10.6 Å². The standard InChI is InChI=1S/C10H16N2O6S/c13-8(14)10(2-3-18-6-10)12-9(15)11-7-1-4-19(16,17)5-7/h7H,1-6H2,(H,13,14)(H2,11,12,15). The van der Waals surface area contributed by atoms with E-state index < -0.39 is 33.4 Å². The van der Waals surface area contributed by atoms with Gasteiger partial charge in [-0.3, -0.25) is 0 Å². The molecule has 2 saturated heterocycles. The van der Waals surface area contributed by atoms with Crippen LogP contribution in [0, 0.1) is 0 Å². The van der Waals surface area contributed by atoms with Gasteiger partial charge in [0, 0.05) is 19.1 Å². The number of nitrogens with one attached hydrogen (secondary N) is 2. The van der Waals surface area contributed by atoms with Crippen LogP contribution in [0.2, 0.25) is 0 Å². The fraction of sp³-hybridized carbons (Fsp3) is 0.800. The minimum atomic E-state index is -3.08. The highest BCUT2D eigenvalue weighted by Crippen LogP contribution is 2.19. The topological polar surface area (TPSA) is 122 Å². The second kappa shape index (κ2) is 4.97. The number of carboxylic acid groups (broad SMARTS) is 1. The molecular weight excluding hydrogens is 276 g/mol. The first-order chi connectivity index (χ1) is 8.83. The molecule has 0 aromatic rings. The minimum Gasteiger partial charge on any atom is -0.479 e. The Morgan fingerprint density at radius 1 is 1.37 bits per heavy atom. The van der Waals surface area contributed by atoms with E-state index in [1.54, 1.807) is 0 Å². The summed E-state index contributed by atoms with van der Waals surface area (Å²) in [5.41, 5.74) is -1.42. The van der Waals surface area contributed by atoms with Gasteiger partial charge in [-0.2, -0.15) is 0 Å². The molecule has 0 bridgehead atoms. The van der Waals surface area contributed by atoms with E-state index in [9.17, 15) is 18.0 Å². The minimum absolute atomic E-state index is 0.0468. The number of amides is 2. The molecule has 0 spiro atoms. The molecule has 0 aromatic heterocycles. The van der Waals surface area contributed by atoms with Crippen molar-refractivity contribution < 1.29 is 27.9 Å². The molecule has 2 aliphatic rings. The van der Waals surface area contributed by atoms with Gasteiger partial charge in [-0.25, -0.2) is 18.0 Å². The number of ether oxygens (including phenoxy) is 1. The fourth-order valence-electron chi connectivity index (χ4n) is 2.23. The van der Waals surface area contributed by atoms with Gasteiger partial charge in [0.1, 0.15) is 0 Å². The molecule has 2 amide bonds. The second-order valence-corrected chi connectivity index (χ2v) is 7.12. The SMILES string of the molecule is O=C(NC1CCS(=O)(=O)C1)NC1(C(=O)O)CCOC1. The van der Waals surface area contributed by atoms with Gasteiger partial charge < -0.3 is 20.5 Å². The molecule has 8 nitrogen and oxygen atoms in total. The fourth-order valence-corrected chi connectivity index (χ4v) is 3.91. The normalized spacial score (nSPS) is 32.9. The highest BCUT2D eigenvalue weighted by atomic mass is 32.2. The van der Waals surface area contributed by atoms with Crippen molar-refractivity contribution in [2.24, 2.45) is 0 Å². The first-order valence-corrected chi connectivity index (χ1v) is 7.75. The van der Waals surface area contributed by atoms with E-state index in [2.05, 4.69) is 10.6 Å². The first-order valence-electron chi connectivity index (χ1n) is 5.93. The van der Waals surface area contributed by atoms with Crippen molar-refractivity contribution in [2.45, 2.75) is 24.4 Å². The highest BCUT2D eigenvalue weighted by molar-refractivity contribution is 7.91. The number of carbonyl (C=O) groups is 2. The largest absolute Gasteiger partial charge is 0.479 e. The Bertz CT molecular complexity index is 482. The van der Waals surface area contributed by atoms with Gasteiger partial charge >= 0.3 is 12.0 Å². The van der Waals surface area contributed by atoms with Crippen LogP contribution >= 0.6 is 0 Å². The van der Waals surface area contributed by atoms with Gasteiger partial charge in [0.15, 0.2) is 15.4 Å². The summed E-state index contributed by atoms with van der Waals surface area (Å²) in [6.07, 6.45) is 0.547. The van der Waals surface area contributed by atoms with Crippen LogP contribution < -0.4 is 10.6 Å². The average Bonchev–Trinajstić information content (AvgIpc) is 2.86. The lowest BCUT2D eigenvalue weighted by Gasteiger charge is -2.24. The van der Waals surface area contributed by atoms with Crippen molar-refractivity contribution in [3.8, 4) is 0 Å². The average molecular weight is 292 g/mol. The number of sulfone groups is 1. The molecule has 19 heavy (non-hydrogen) atoms.